The van der Waals surface area contributed by atoms with Gasteiger partial charge in [0, 0.05) is 22.4 Å². The highest BCUT2D eigenvalue weighted by atomic mass is 79.9. The van der Waals surface area contributed by atoms with E-state index < -0.39 is 0 Å². The Kier molecular flexibility index (Phi) is 5.36. The first kappa shape index (κ1) is 14.5. The van der Waals surface area contributed by atoms with Gasteiger partial charge in [0.15, 0.2) is 0 Å². The fourth-order valence-corrected chi connectivity index (χ4v) is 2.69. The molecule has 0 amide bonds. The van der Waals surface area contributed by atoms with Gasteiger partial charge in [0.1, 0.15) is 12.4 Å². The van der Waals surface area contributed by atoms with Crippen LogP contribution in [0.5, 0.6) is 5.75 Å². The number of nitrogens with two attached hydrogens (primary N) is 1. The smallest absolute Gasteiger partial charge is 0.137 e. The Morgan fingerprint density at radius 2 is 2.05 bits per heavy atom. The molecular weight excluding hydrogens is 372 g/mol. The van der Waals surface area contributed by atoms with Crippen LogP contribution in [0.4, 0.5) is 0 Å². The molecule has 2 rings (SSSR count). The summed E-state index contributed by atoms with van der Waals surface area (Å²) >= 11 is 6.91. The normalized spacial score (nSPS) is 10.5. The molecule has 19 heavy (non-hydrogen) atoms. The number of pyridine rings is 1. The maximum Gasteiger partial charge on any atom is 0.137 e. The number of ether oxygens (including phenoxy) is 1. The van der Waals surface area contributed by atoms with Gasteiger partial charge in [-0.3, -0.25) is 4.98 Å². The molecule has 0 aliphatic carbocycles. The molecule has 1 aromatic heterocycles. The van der Waals surface area contributed by atoms with Crippen molar-refractivity contribution in [1.29, 1.82) is 0 Å². The van der Waals surface area contributed by atoms with E-state index in [1.54, 1.807) is 12.4 Å². The second-order valence-electron chi connectivity index (χ2n) is 4.07. The van der Waals surface area contributed by atoms with Crippen LogP contribution in [-0.4, -0.2) is 11.5 Å². The van der Waals surface area contributed by atoms with Crippen molar-refractivity contribution in [3.63, 3.8) is 0 Å². The fraction of sp³-hybridized carbons (Fsp3) is 0.214. The first-order valence-corrected chi connectivity index (χ1v) is 7.49. The van der Waals surface area contributed by atoms with Crippen molar-refractivity contribution in [1.82, 2.24) is 4.98 Å². The number of halogens is 2. The third kappa shape index (κ3) is 4.03. The lowest BCUT2D eigenvalue weighted by atomic mass is 10.1. The lowest BCUT2D eigenvalue weighted by molar-refractivity contribution is 0.300. The molecule has 0 radical (unpaired) electrons. The van der Waals surface area contributed by atoms with E-state index in [1.165, 1.54) is 0 Å². The topological polar surface area (TPSA) is 48.1 Å². The highest BCUT2D eigenvalue weighted by Gasteiger charge is 2.08. The molecule has 1 heterocycles. The lowest BCUT2D eigenvalue weighted by Gasteiger charge is -2.13. The van der Waals surface area contributed by atoms with Crippen LogP contribution in [0.25, 0.3) is 0 Å². The summed E-state index contributed by atoms with van der Waals surface area (Å²) in [6.07, 6.45) is 4.34. The quantitative estimate of drug-likeness (QED) is 0.853. The second-order valence-corrected chi connectivity index (χ2v) is 5.84. The Bertz CT molecular complexity index is 561. The van der Waals surface area contributed by atoms with Crippen LogP contribution in [0, 0.1) is 0 Å². The molecular formula is C14H14Br2N2O. The minimum Gasteiger partial charge on any atom is -0.487 e. The molecule has 3 nitrogen and oxygen atoms in total. The Balaban J connectivity index is 2.14. The summed E-state index contributed by atoms with van der Waals surface area (Å²) < 4.78 is 7.79. The Morgan fingerprint density at radius 1 is 1.21 bits per heavy atom. The highest BCUT2D eigenvalue weighted by molar-refractivity contribution is 9.10. The van der Waals surface area contributed by atoms with Gasteiger partial charge >= 0.3 is 0 Å². The standard InChI is InChI=1S/C14H14Br2N2O/c15-12-6-10(7-18-8-12)9-19-14-11(4-5-17)2-1-3-13(14)16/h1-3,6-8H,4-5,9,17H2. The Hall–Kier alpha value is -0.910. The van der Waals surface area contributed by atoms with Gasteiger partial charge in [-0.05, 0) is 62.5 Å². The van der Waals surface area contributed by atoms with Crippen LogP contribution in [0.15, 0.2) is 45.6 Å². The van der Waals surface area contributed by atoms with E-state index in [1.807, 2.05) is 24.3 Å². The third-order valence-electron chi connectivity index (χ3n) is 2.61. The largest absolute Gasteiger partial charge is 0.487 e. The van der Waals surface area contributed by atoms with Gasteiger partial charge in [0.05, 0.1) is 4.47 Å². The predicted molar refractivity (Wildman–Crippen MR) is 83.2 cm³/mol. The number of benzene rings is 1. The zero-order valence-corrected chi connectivity index (χ0v) is 13.4. The molecule has 0 bridgehead atoms. The predicted octanol–water partition coefficient (Wildman–Crippen LogP) is 3.69. The monoisotopic (exact) mass is 384 g/mol. The van der Waals surface area contributed by atoms with E-state index in [4.69, 9.17) is 10.5 Å². The van der Waals surface area contributed by atoms with E-state index in [9.17, 15) is 0 Å². The van der Waals surface area contributed by atoms with Gasteiger partial charge < -0.3 is 10.5 Å². The van der Waals surface area contributed by atoms with Gasteiger partial charge in [0.2, 0.25) is 0 Å². The van der Waals surface area contributed by atoms with Crippen LogP contribution in [0.2, 0.25) is 0 Å². The molecule has 0 spiro atoms. The zero-order chi connectivity index (χ0) is 13.7. The summed E-state index contributed by atoms with van der Waals surface area (Å²) in [6.45, 7) is 1.08. The summed E-state index contributed by atoms with van der Waals surface area (Å²) in [5, 5.41) is 0. The summed E-state index contributed by atoms with van der Waals surface area (Å²) in [6, 6.07) is 7.98. The van der Waals surface area contributed by atoms with E-state index in [-0.39, 0.29) is 0 Å². The fourth-order valence-electron chi connectivity index (χ4n) is 1.76. The molecule has 2 N–H and O–H groups in total. The average molecular weight is 386 g/mol. The van der Waals surface area contributed by atoms with Crippen molar-refractivity contribution < 1.29 is 4.74 Å². The van der Waals surface area contributed by atoms with Crippen LogP contribution in [0.3, 0.4) is 0 Å². The van der Waals surface area contributed by atoms with Gasteiger partial charge in [-0.2, -0.15) is 0 Å². The van der Waals surface area contributed by atoms with Crippen LogP contribution >= 0.6 is 31.9 Å². The first-order valence-electron chi connectivity index (χ1n) is 5.90. The van der Waals surface area contributed by atoms with Crippen molar-refractivity contribution in [3.8, 4) is 5.75 Å². The van der Waals surface area contributed by atoms with Crippen LogP contribution < -0.4 is 10.5 Å². The average Bonchev–Trinajstić information content (AvgIpc) is 2.38. The minimum atomic E-state index is 0.479. The molecule has 0 aliphatic heterocycles. The first-order chi connectivity index (χ1) is 9.20. The lowest BCUT2D eigenvalue weighted by Crippen LogP contribution is -2.06. The van der Waals surface area contributed by atoms with E-state index in [0.717, 1.165) is 32.2 Å². The molecule has 0 aliphatic rings. The highest BCUT2D eigenvalue weighted by Crippen LogP contribution is 2.30. The summed E-state index contributed by atoms with van der Waals surface area (Å²) in [7, 11) is 0. The minimum absolute atomic E-state index is 0.479. The van der Waals surface area contributed by atoms with Crippen molar-refractivity contribution in [2.75, 3.05) is 6.54 Å². The van der Waals surface area contributed by atoms with E-state index in [2.05, 4.69) is 36.8 Å². The summed E-state index contributed by atoms with van der Waals surface area (Å²) in [4.78, 5) is 4.12. The van der Waals surface area contributed by atoms with Gasteiger partial charge in [-0.25, -0.2) is 0 Å². The van der Waals surface area contributed by atoms with Crippen LogP contribution in [0.1, 0.15) is 11.1 Å². The van der Waals surface area contributed by atoms with E-state index >= 15 is 0 Å². The molecule has 1 aromatic carbocycles. The Labute approximate surface area is 129 Å². The number of aromatic nitrogens is 1. The zero-order valence-electron chi connectivity index (χ0n) is 10.3. The number of hydrogen-bond acceptors (Lipinski definition) is 3. The molecule has 0 fully saturated rings. The molecule has 0 unspecified atom stereocenters. The number of rotatable bonds is 5. The van der Waals surface area contributed by atoms with Crippen molar-refractivity contribution in [3.05, 3.63) is 56.7 Å². The summed E-state index contributed by atoms with van der Waals surface area (Å²) in [5.41, 5.74) is 7.75. The molecule has 0 saturated carbocycles. The maximum absolute atomic E-state index is 5.90. The number of para-hydroxylation sites is 1. The second kappa shape index (κ2) is 7.03. The van der Waals surface area contributed by atoms with Gasteiger partial charge in [-0.1, -0.05) is 12.1 Å². The molecule has 0 saturated heterocycles. The van der Waals surface area contributed by atoms with Crippen molar-refractivity contribution in [2.45, 2.75) is 13.0 Å². The summed E-state index contributed by atoms with van der Waals surface area (Å²) in [5.74, 6) is 0.855. The SMILES string of the molecule is NCCc1cccc(Br)c1OCc1cncc(Br)c1. The maximum atomic E-state index is 5.90. The number of hydrogen-bond donors (Lipinski definition) is 1. The van der Waals surface area contributed by atoms with Crippen LogP contribution in [-0.2, 0) is 13.0 Å². The number of nitrogens with zero attached hydrogens (tertiary/aromatic N) is 1. The molecule has 0 atom stereocenters. The van der Waals surface area contributed by atoms with Crippen molar-refractivity contribution in [2.24, 2.45) is 5.73 Å². The van der Waals surface area contributed by atoms with Crippen molar-refractivity contribution >= 4 is 31.9 Å². The van der Waals surface area contributed by atoms with E-state index in [0.29, 0.717) is 13.2 Å². The third-order valence-corrected chi connectivity index (χ3v) is 3.67. The molecule has 100 valence electrons. The Morgan fingerprint density at radius 3 is 2.79 bits per heavy atom. The molecule has 5 heteroatoms. The molecule has 2 aromatic rings. The van der Waals surface area contributed by atoms with Gasteiger partial charge in [0.25, 0.3) is 0 Å². The van der Waals surface area contributed by atoms with Gasteiger partial charge in [-0.15, -0.1) is 0 Å².